The van der Waals surface area contributed by atoms with Crippen molar-refractivity contribution < 1.29 is 4.79 Å². The van der Waals surface area contributed by atoms with E-state index in [-0.39, 0.29) is 5.91 Å². The maximum atomic E-state index is 10.9. The highest BCUT2D eigenvalue weighted by Gasteiger charge is 2.06. The quantitative estimate of drug-likeness (QED) is 0.616. The number of hydrogen-bond acceptors (Lipinski definition) is 3. The molecular formula is C11H12N2OS. The van der Waals surface area contributed by atoms with Crippen molar-refractivity contribution in [2.75, 3.05) is 5.32 Å². The summed E-state index contributed by atoms with van der Waals surface area (Å²) in [6.07, 6.45) is 0. The van der Waals surface area contributed by atoms with Crippen LogP contribution in [0.4, 0.5) is 5.69 Å². The zero-order valence-corrected chi connectivity index (χ0v) is 9.73. The summed E-state index contributed by atoms with van der Waals surface area (Å²) < 4.78 is 0. The third-order valence-corrected chi connectivity index (χ3v) is 2.87. The minimum atomic E-state index is -0.0884. The van der Waals surface area contributed by atoms with Crippen LogP contribution in [0.2, 0.25) is 0 Å². The van der Waals surface area contributed by atoms with E-state index in [4.69, 9.17) is 5.26 Å². The van der Waals surface area contributed by atoms with Crippen molar-refractivity contribution in [2.24, 2.45) is 0 Å². The number of benzene rings is 1. The van der Waals surface area contributed by atoms with E-state index in [2.05, 4.69) is 10.7 Å². The second-order valence-corrected chi connectivity index (χ2v) is 4.11. The lowest BCUT2D eigenvalue weighted by Crippen LogP contribution is -2.06. The van der Waals surface area contributed by atoms with Crippen LogP contribution in [0, 0.1) is 24.5 Å². The molecule has 78 valence electrons. The van der Waals surface area contributed by atoms with Crippen molar-refractivity contribution >= 4 is 23.4 Å². The molecule has 1 amide bonds. The number of aryl methyl sites for hydroxylation is 2. The number of rotatable bonds is 2. The number of carbonyl (C=O) groups excluding carboxylic acids is 1. The summed E-state index contributed by atoms with van der Waals surface area (Å²) in [7, 11) is 0. The van der Waals surface area contributed by atoms with E-state index >= 15 is 0 Å². The lowest BCUT2D eigenvalue weighted by Gasteiger charge is -2.09. The maximum absolute atomic E-state index is 10.9. The van der Waals surface area contributed by atoms with Crippen molar-refractivity contribution in [3.05, 3.63) is 23.3 Å². The zero-order valence-electron chi connectivity index (χ0n) is 8.92. The first-order valence-corrected chi connectivity index (χ1v) is 5.31. The van der Waals surface area contributed by atoms with E-state index in [9.17, 15) is 4.79 Å². The third-order valence-electron chi connectivity index (χ3n) is 1.93. The molecule has 0 fully saturated rings. The molecule has 4 heteroatoms. The van der Waals surface area contributed by atoms with E-state index in [1.54, 1.807) is 0 Å². The molecule has 3 nitrogen and oxygen atoms in total. The van der Waals surface area contributed by atoms with Gasteiger partial charge in [0.2, 0.25) is 5.91 Å². The second-order valence-electron chi connectivity index (χ2n) is 3.31. The van der Waals surface area contributed by atoms with Crippen LogP contribution >= 0.6 is 11.8 Å². The lowest BCUT2D eigenvalue weighted by molar-refractivity contribution is -0.114. The summed E-state index contributed by atoms with van der Waals surface area (Å²) in [4.78, 5) is 11.8. The minimum Gasteiger partial charge on any atom is -0.326 e. The number of nitriles is 1. The lowest BCUT2D eigenvalue weighted by atomic mass is 10.1. The van der Waals surface area contributed by atoms with Crippen molar-refractivity contribution in [3.63, 3.8) is 0 Å². The topological polar surface area (TPSA) is 52.9 Å². The summed E-state index contributed by atoms with van der Waals surface area (Å²) in [5, 5.41) is 13.4. The fourth-order valence-corrected chi connectivity index (χ4v) is 1.96. The third kappa shape index (κ3) is 3.00. The van der Waals surface area contributed by atoms with Gasteiger partial charge < -0.3 is 5.32 Å². The molecule has 0 aliphatic heterocycles. The van der Waals surface area contributed by atoms with Gasteiger partial charge in [0, 0.05) is 17.5 Å². The normalized spacial score (nSPS) is 9.47. The highest BCUT2D eigenvalue weighted by molar-refractivity contribution is 8.03. The number of hydrogen-bond donors (Lipinski definition) is 1. The van der Waals surface area contributed by atoms with Gasteiger partial charge in [-0.25, -0.2) is 0 Å². The molecule has 0 aliphatic rings. The number of thioether (sulfide) groups is 1. The summed E-state index contributed by atoms with van der Waals surface area (Å²) in [5.41, 5.74) is 2.79. The molecule has 0 heterocycles. The van der Waals surface area contributed by atoms with Crippen molar-refractivity contribution in [1.29, 1.82) is 5.26 Å². The molecule has 0 bridgehead atoms. The van der Waals surface area contributed by atoms with Crippen LogP contribution in [0.3, 0.4) is 0 Å². The molecular weight excluding hydrogens is 208 g/mol. The van der Waals surface area contributed by atoms with Gasteiger partial charge in [0.05, 0.1) is 0 Å². The molecule has 0 saturated carbocycles. The first-order chi connectivity index (χ1) is 7.04. The number of amides is 1. The fraction of sp³-hybridized carbons (Fsp3) is 0.273. The average molecular weight is 220 g/mol. The van der Waals surface area contributed by atoms with Crippen LogP contribution < -0.4 is 5.32 Å². The van der Waals surface area contributed by atoms with E-state index < -0.39 is 0 Å². The Morgan fingerprint density at radius 2 is 1.93 bits per heavy atom. The second kappa shape index (κ2) is 4.85. The van der Waals surface area contributed by atoms with E-state index in [0.717, 1.165) is 33.5 Å². The first kappa shape index (κ1) is 11.6. The van der Waals surface area contributed by atoms with Crippen LogP contribution in [0.5, 0.6) is 0 Å². The number of anilines is 1. The van der Waals surface area contributed by atoms with Crippen LogP contribution in [0.25, 0.3) is 0 Å². The number of thiocyanates is 1. The Balaban J connectivity index is 3.08. The van der Waals surface area contributed by atoms with Crippen molar-refractivity contribution in [3.8, 4) is 5.40 Å². The van der Waals surface area contributed by atoms with Gasteiger partial charge >= 0.3 is 0 Å². The molecule has 0 saturated heterocycles. The van der Waals surface area contributed by atoms with Crippen LogP contribution in [0.15, 0.2) is 17.0 Å². The molecule has 0 aromatic heterocycles. The number of nitrogens with one attached hydrogen (secondary N) is 1. The van der Waals surface area contributed by atoms with Gasteiger partial charge in [0.15, 0.2) is 0 Å². The van der Waals surface area contributed by atoms with E-state index in [1.165, 1.54) is 6.92 Å². The molecule has 0 radical (unpaired) electrons. The van der Waals surface area contributed by atoms with Crippen LogP contribution in [-0.4, -0.2) is 5.91 Å². The SMILES string of the molecule is CC(=O)Nc1cc(C)c(SC#N)c(C)c1. The summed E-state index contributed by atoms with van der Waals surface area (Å²) in [6, 6.07) is 3.74. The van der Waals surface area contributed by atoms with Crippen molar-refractivity contribution in [1.82, 2.24) is 0 Å². The molecule has 0 spiro atoms. The molecule has 0 unspecified atom stereocenters. The Labute approximate surface area is 93.5 Å². The van der Waals surface area contributed by atoms with Gasteiger partial charge in [-0.15, -0.1) is 0 Å². The predicted octanol–water partition coefficient (Wildman–Crippen LogP) is 2.84. The minimum absolute atomic E-state index is 0.0884. The zero-order chi connectivity index (χ0) is 11.4. The van der Waals surface area contributed by atoms with E-state index in [1.807, 2.05) is 26.0 Å². The molecule has 1 rings (SSSR count). The Hall–Kier alpha value is -1.47. The number of carbonyl (C=O) groups is 1. The predicted molar refractivity (Wildman–Crippen MR) is 61.7 cm³/mol. The fourth-order valence-electron chi connectivity index (χ4n) is 1.43. The molecule has 1 N–H and O–H groups in total. The van der Waals surface area contributed by atoms with Gasteiger partial charge in [0.25, 0.3) is 0 Å². The highest BCUT2D eigenvalue weighted by Crippen LogP contribution is 2.28. The summed E-state index contributed by atoms with van der Waals surface area (Å²) >= 11 is 1.15. The molecule has 1 aromatic rings. The van der Waals surface area contributed by atoms with Gasteiger partial charge in [0.1, 0.15) is 5.40 Å². The number of nitrogens with zero attached hydrogens (tertiary/aromatic N) is 1. The Bertz CT molecular complexity index is 412. The molecule has 15 heavy (non-hydrogen) atoms. The Morgan fingerprint density at radius 1 is 1.40 bits per heavy atom. The maximum Gasteiger partial charge on any atom is 0.221 e. The average Bonchev–Trinajstić information content (AvgIpc) is 2.10. The largest absolute Gasteiger partial charge is 0.326 e. The van der Waals surface area contributed by atoms with Crippen LogP contribution in [-0.2, 0) is 4.79 Å². The van der Waals surface area contributed by atoms with E-state index in [0.29, 0.717) is 0 Å². The van der Waals surface area contributed by atoms with Crippen LogP contribution in [0.1, 0.15) is 18.1 Å². The standard InChI is InChI=1S/C11H12N2OS/c1-7-4-10(13-9(3)14)5-8(2)11(7)15-6-12/h4-5H,1-3H3,(H,13,14). The Kier molecular flexibility index (Phi) is 3.75. The Morgan fingerprint density at radius 3 is 2.33 bits per heavy atom. The molecule has 0 atom stereocenters. The highest BCUT2D eigenvalue weighted by atomic mass is 32.2. The first-order valence-electron chi connectivity index (χ1n) is 4.49. The molecule has 1 aromatic carbocycles. The summed E-state index contributed by atoms with van der Waals surface area (Å²) in [6.45, 7) is 5.33. The van der Waals surface area contributed by atoms with Crippen molar-refractivity contribution in [2.45, 2.75) is 25.7 Å². The smallest absolute Gasteiger partial charge is 0.221 e. The van der Waals surface area contributed by atoms with Gasteiger partial charge in [-0.3, -0.25) is 4.79 Å². The van der Waals surface area contributed by atoms with Gasteiger partial charge in [-0.2, -0.15) is 5.26 Å². The monoisotopic (exact) mass is 220 g/mol. The van der Waals surface area contributed by atoms with Gasteiger partial charge in [-0.05, 0) is 48.9 Å². The molecule has 0 aliphatic carbocycles. The summed E-state index contributed by atoms with van der Waals surface area (Å²) in [5.74, 6) is -0.0884. The van der Waals surface area contributed by atoms with Gasteiger partial charge in [-0.1, -0.05) is 0 Å².